The summed E-state index contributed by atoms with van der Waals surface area (Å²) in [5.74, 6) is 0. The predicted octanol–water partition coefficient (Wildman–Crippen LogP) is 3.42. The fourth-order valence-corrected chi connectivity index (χ4v) is 3.75. The summed E-state index contributed by atoms with van der Waals surface area (Å²) in [6.45, 7) is 0. The largest absolute Gasteiger partial charge is 0.332 e. The van der Waals surface area contributed by atoms with Crippen LogP contribution in [0.15, 0.2) is 60.7 Å². The van der Waals surface area contributed by atoms with E-state index in [1.165, 1.54) is 0 Å². The van der Waals surface area contributed by atoms with Crippen LogP contribution in [0.2, 0.25) is 0 Å². The van der Waals surface area contributed by atoms with E-state index in [1.807, 2.05) is 55.4 Å². The van der Waals surface area contributed by atoms with Gasteiger partial charge in [0.15, 0.2) is 5.11 Å². The van der Waals surface area contributed by atoms with Crippen molar-refractivity contribution >= 4 is 34.5 Å². The standard InChI is InChI=1S/C17H16N2S2/c1-18-15(20)17(19(2)16(18)21,13-9-5-3-6-10-13)14-11-7-4-8-12-14/h3-12H,1-2H3. The first-order chi connectivity index (χ1) is 10.1. The highest BCUT2D eigenvalue weighted by Gasteiger charge is 2.51. The van der Waals surface area contributed by atoms with Crippen molar-refractivity contribution in [1.82, 2.24) is 9.80 Å². The number of rotatable bonds is 2. The molecule has 0 saturated carbocycles. The molecule has 2 aromatic rings. The SMILES string of the molecule is CN1C(=S)N(C)C(c2ccccc2)(c2ccccc2)C1=S. The van der Waals surface area contributed by atoms with Gasteiger partial charge in [-0.05, 0) is 23.3 Å². The van der Waals surface area contributed by atoms with Gasteiger partial charge in [-0.25, -0.2) is 0 Å². The third-order valence-electron chi connectivity index (χ3n) is 4.07. The Hall–Kier alpha value is -1.78. The fraction of sp³-hybridized carbons (Fsp3) is 0.176. The highest BCUT2D eigenvalue weighted by molar-refractivity contribution is 7.82. The van der Waals surface area contributed by atoms with Crippen LogP contribution >= 0.6 is 24.4 Å². The van der Waals surface area contributed by atoms with Gasteiger partial charge in [0.2, 0.25) is 0 Å². The van der Waals surface area contributed by atoms with E-state index in [4.69, 9.17) is 24.4 Å². The van der Waals surface area contributed by atoms with E-state index >= 15 is 0 Å². The zero-order valence-electron chi connectivity index (χ0n) is 12.0. The maximum Gasteiger partial charge on any atom is 0.177 e. The number of benzene rings is 2. The van der Waals surface area contributed by atoms with E-state index in [1.54, 1.807) is 0 Å². The molecule has 0 spiro atoms. The number of likely N-dealkylation sites (N-methyl/N-ethyl adjacent to an activating group) is 2. The Morgan fingerprint density at radius 2 is 1.19 bits per heavy atom. The first kappa shape index (κ1) is 14.2. The molecule has 1 heterocycles. The molecule has 1 fully saturated rings. The van der Waals surface area contributed by atoms with Gasteiger partial charge < -0.3 is 9.80 Å². The molecule has 4 heteroatoms. The molecule has 0 aliphatic carbocycles. The lowest BCUT2D eigenvalue weighted by molar-refractivity contribution is 0.378. The lowest BCUT2D eigenvalue weighted by Gasteiger charge is -2.36. The first-order valence-corrected chi connectivity index (χ1v) is 7.58. The maximum absolute atomic E-state index is 5.79. The molecule has 0 N–H and O–H groups in total. The molecular weight excluding hydrogens is 296 g/mol. The number of thiocarbonyl (C=S) groups is 2. The third kappa shape index (κ3) is 1.90. The number of hydrogen-bond donors (Lipinski definition) is 0. The molecule has 0 atom stereocenters. The Morgan fingerprint density at radius 1 is 0.762 bits per heavy atom. The molecule has 106 valence electrons. The molecule has 2 nitrogen and oxygen atoms in total. The van der Waals surface area contributed by atoms with E-state index in [0.717, 1.165) is 21.2 Å². The minimum absolute atomic E-state index is 0.510. The van der Waals surface area contributed by atoms with E-state index < -0.39 is 5.54 Å². The second kappa shape index (κ2) is 5.20. The molecule has 0 radical (unpaired) electrons. The van der Waals surface area contributed by atoms with Gasteiger partial charge in [-0.15, -0.1) is 0 Å². The summed E-state index contributed by atoms with van der Waals surface area (Å²) in [7, 11) is 3.95. The van der Waals surface area contributed by atoms with Crippen LogP contribution in [-0.4, -0.2) is 34.0 Å². The summed E-state index contributed by atoms with van der Waals surface area (Å²) < 4.78 is 0. The zero-order chi connectivity index (χ0) is 15.0. The Morgan fingerprint density at radius 3 is 1.52 bits per heavy atom. The molecule has 0 aromatic heterocycles. The van der Waals surface area contributed by atoms with Crippen molar-refractivity contribution in [2.75, 3.05) is 14.1 Å². The van der Waals surface area contributed by atoms with Gasteiger partial charge in [0, 0.05) is 14.1 Å². The van der Waals surface area contributed by atoms with E-state index in [9.17, 15) is 0 Å². The maximum atomic E-state index is 5.79. The topological polar surface area (TPSA) is 6.48 Å². The smallest absolute Gasteiger partial charge is 0.177 e. The molecule has 0 bridgehead atoms. The van der Waals surface area contributed by atoms with E-state index in [2.05, 4.69) is 29.2 Å². The summed E-state index contributed by atoms with van der Waals surface area (Å²) in [5.41, 5.74) is 1.76. The number of hydrogen-bond acceptors (Lipinski definition) is 2. The van der Waals surface area contributed by atoms with E-state index in [-0.39, 0.29) is 0 Å². The second-order valence-corrected chi connectivity index (χ2v) is 5.90. The molecule has 1 saturated heterocycles. The van der Waals surface area contributed by atoms with Crippen LogP contribution in [0.25, 0.3) is 0 Å². The Labute approximate surface area is 136 Å². The Kier molecular flexibility index (Phi) is 3.51. The summed E-state index contributed by atoms with van der Waals surface area (Å²) in [5, 5.41) is 0.743. The van der Waals surface area contributed by atoms with Gasteiger partial charge in [-0.3, -0.25) is 0 Å². The van der Waals surface area contributed by atoms with Crippen molar-refractivity contribution in [1.29, 1.82) is 0 Å². The lowest BCUT2D eigenvalue weighted by Crippen LogP contribution is -2.45. The van der Waals surface area contributed by atoms with Crippen LogP contribution in [0.4, 0.5) is 0 Å². The molecule has 3 rings (SSSR count). The van der Waals surface area contributed by atoms with Crippen molar-refractivity contribution in [3.63, 3.8) is 0 Å². The monoisotopic (exact) mass is 312 g/mol. The summed E-state index contributed by atoms with van der Waals surface area (Å²) >= 11 is 11.3. The highest BCUT2D eigenvalue weighted by atomic mass is 32.1. The average Bonchev–Trinajstić information content (AvgIpc) is 2.71. The Bertz CT molecular complexity index is 643. The molecule has 0 amide bonds. The van der Waals surface area contributed by atoms with Crippen LogP contribution in [0, 0.1) is 0 Å². The minimum Gasteiger partial charge on any atom is -0.332 e. The van der Waals surface area contributed by atoms with Gasteiger partial charge in [0.25, 0.3) is 0 Å². The van der Waals surface area contributed by atoms with Crippen molar-refractivity contribution in [2.45, 2.75) is 5.54 Å². The third-order valence-corrected chi connectivity index (χ3v) is 5.19. The van der Waals surface area contributed by atoms with Crippen molar-refractivity contribution in [3.8, 4) is 0 Å². The van der Waals surface area contributed by atoms with Gasteiger partial charge in [-0.1, -0.05) is 72.9 Å². The van der Waals surface area contributed by atoms with E-state index in [0.29, 0.717) is 0 Å². The van der Waals surface area contributed by atoms with Crippen LogP contribution in [0.5, 0.6) is 0 Å². The lowest BCUT2D eigenvalue weighted by atomic mass is 9.82. The normalized spacial score (nSPS) is 17.4. The summed E-state index contributed by atoms with van der Waals surface area (Å²) in [6, 6.07) is 20.6. The highest BCUT2D eigenvalue weighted by Crippen LogP contribution is 2.42. The quantitative estimate of drug-likeness (QED) is 0.784. The predicted molar refractivity (Wildman–Crippen MR) is 94.4 cm³/mol. The van der Waals surface area contributed by atoms with Gasteiger partial charge >= 0.3 is 0 Å². The molecule has 1 aliphatic rings. The average molecular weight is 312 g/mol. The molecule has 1 aliphatic heterocycles. The fourth-order valence-electron chi connectivity index (χ4n) is 3.00. The molecule has 0 unspecified atom stereocenters. The minimum atomic E-state index is -0.510. The Balaban J connectivity index is 2.32. The van der Waals surface area contributed by atoms with Gasteiger partial charge in [0.1, 0.15) is 10.5 Å². The van der Waals surface area contributed by atoms with Crippen LogP contribution < -0.4 is 0 Å². The molecular formula is C17H16N2S2. The summed E-state index contributed by atoms with van der Waals surface area (Å²) in [4.78, 5) is 4.83. The van der Waals surface area contributed by atoms with Crippen LogP contribution in [0.3, 0.4) is 0 Å². The second-order valence-electron chi connectivity index (χ2n) is 5.15. The van der Waals surface area contributed by atoms with Crippen LogP contribution in [0.1, 0.15) is 11.1 Å². The van der Waals surface area contributed by atoms with Crippen molar-refractivity contribution < 1.29 is 0 Å². The van der Waals surface area contributed by atoms with Crippen LogP contribution in [-0.2, 0) is 5.54 Å². The first-order valence-electron chi connectivity index (χ1n) is 6.77. The zero-order valence-corrected chi connectivity index (χ0v) is 13.6. The number of nitrogens with zero attached hydrogens (tertiary/aromatic N) is 2. The van der Waals surface area contributed by atoms with Gasteiger partial charge in [-0.2, -0.15) is 0 Å². The molecule has 2 aromatic carbocycles. The van der Waals surface area contributed by atoms with Crippen molar-refractivity contribution in [2.24, 2.45) is 0 Å². The van der Waals surface area contributed by atoms with Crippen molar-refractivity contribution in [3.05, 3.63) is 71.8 Å². The van der Waals surface area contributed by atoms with Gasteiger partial charge in [0.05, 0.1) is 0 Å². The summed E-state index contributed by atoms with van der Waals surface area (Å²) in [6.07, 6.45) is 0. The molecule has 21 heavy (non-hydrogen) atoms.